The van der Waals surface area contributed by atoms with Crippen LogP contribution in [0.3, 0.4) is 0 Å². The van der Waals surface area contributed by atoms with E-state index in [0.29, 0.717) is 24.4 Å². The van der Waals surface area contributed by atoms with E-state index in [1.54, 1.807) is 0 Å². The van der Waals surface area contributed by atoms with Crippen molar-refractivity contribution in [2.75, 3.05) is 0 Å². The Labute approximate surface area is 97.0 Å². The monoisotopic (exact) mass is 220 g/mol. The first kappa shape index (κ1) is 9.67. The van der Waals surface area contributed by atoms with Crippen LogP contribution in [0, 0.1) is 11.8 Å². The lowest BCUT2D eigenvalue weighted by Crippen LogP contribution is -2.14. The van der Waals surface area contributed by atoms with E-state index in [1.807, 2.05) is 0 Å². The minimum Gasteiger partial charge on any atom is -0.370 e. The maximum absolute atomic E-state index is 5.57. The van der Waals surface area contributed by atoms with Gasteiger partial charge in [-0.25, -0.2) is 0 Å². The summed E-state index contributed by atoms with van der Waals surface area (Å²) < 4.78 is 11.1. The van der Waals surface area contributed by atoms with Crippen LogP contribution in [0.1, 0.15) is 38.5 Å². The van der Waals surface area contributed by atoms with Crippen LogP contribution >= 0.6 is 0 Å². The van der Waals surface area contributed by atoms with Gasteiger partial charge in [0.25, 0.3) is 0 Å². The fourth-order valence-electron chi connectivity index (χ4n) is 3.53. The molecule has 88 valence electrons. The molecule has 4 rings (SSSR count). The molecule has 0 bridgehead atoms. The van der Waals surface area contributed by atoms with Gasteiger partial charge in [0.15, 0.2) is 0 Å². The highest BCUT2D eigenvalue weighted by Gasteiger charge is 2.44. The predicted octanol–water partition coefficient (Wildman–Crippen LogP) is 2.68. The average molecular weight is 220 g/mol. The van der Waals surface area contributed by atoms with E-state index in [2.05, 4.69) is 12.2 Å². The second-order valence-corrected chi connectivity index (χ2v) is 5.96. The summed E-state index contributed by atoms with van der Waals surface area (Å²) in [6.07, 6.45) is 15.3. The third-order valence-corrected chi connectivity index (χ3v) is 4.74. The SMILES string of the molecule is C(=C\C1CCC2OC2C1)/C1CCC2OC2C1. The van der Waals surface area contributed by atoms with Crippen LogP contribution in [0.4, 0.5) is 0 Å². The van der Waals surface area contributed by atoms with Gasteiger partial charge in [-0.15, -0.1) is 0 Å². The van der Waals surface area contributed by atoms with Crippen LogP contribution in [0.25, 0.3) is 0 Å². The van der Waals surface area contributed by atoms with Gasteiger partial charge in [-0.3, -0.25) is 0 Å². The van der Waals surface area contributed by atoms with Crippen molar-refractivity contribution in [2.45, 2.75) is 62.9 Å². The van der Waals surface area contributed by atoms with Crippen LogP contribution in [-0.2, 0) is 9.47 Å². The molecule has 0 radical (unpaired) electrons. The number of rotatable bonds is 2. The zero-order valence-corrected chi connectivity index (χ0v) is 9.68. The van der Waals surface area contributed by atoms with E-state index in [1.165, 1.54) is 38.5 Å². The van der Waals surface area contributed by atoms with Crippen LogP contribution < -0.4 is 0 Å². The molecule has 2 nitrogen and oxygen atoms in total. The molecule has 0 aromatic rings. The highest BCUT2D eigenvalue weighted by Crippen LogP contribution is 2.42. The van der Waals surface area contributed by atoms with Gasteiger partial charge in [-0.2, -0.15) is 0 Å². The van der Waals surface area contributed by atoms with E-state index in [0.717, 1.165) is 11.8 Å². The van der Waals surface area contributed by atoms with Crippen molar-refractivity contribution in [3.8, 4) is 0 Å². The molecule has 4 fully saturated rings. The van der Waals surface area contributed by atoms with E-state index >= 15 is 0 Å². The molecule has 4 aliphatic rings. The normalized spacial score (nSPS) is 54.5. The number of fused-ring (bicyclic) bond motifs is 2. The Kier molecular flexibility index (Phi) is 2.16. The second kappa shape index (κ2) is 3.58. The first-order valence-electron chi connectivity index (χ1n) is 6.88. The quantitative estimate of drug-likeness (QED) is 0.528. The van der Waals surface area contributed by atoms with Gasteiger partial charge in [0.1, 0.15) is 0 Å². The lowest BCUT2D eigenvalue weighted by Gasteiger charge is -2.18. The zero-order chi connectivity index (χ0) is 10.5. The van der Waals surface area contributed by atoms with Crippen LogP contribution in [-0.4, -0.2) is 24.4 Å². The molecular weight excluding hydrogens is 200 g/mol. The fourth-order valence-corrected chi connectivity index (χ4v) is 3.53. The standard InChI is InChI=1S/C14H20O2/c1(9-3-5-11-13(7-9)15-11)2-10-4-6-12-14(8-10)16-12/h1-2,9-14H,3-8H2/b2-1+. The van der Waals surface area contributed by atoms with E-state index in [4.69, 9.17) is 9.47 Å². The van der Waals surface area contributed by atoms with Gasteiger partial charge in [0.05, 0.1) is 24.4 Å². The Hall–Kier alpha value is -0.340. The highest BCUT2D eigenvalue weighted by molar-refractivity contribution is 5.04. The molecule has 0 aromatic heterocycles. The van der Waals surface area contributed by atoms with Crippen molar-refractivity contribution in [2.24, 2.45) is 11.8 Å². The van der Waals surface area contributed by atoms with Gasteiger partial charge in [0, 0.05) is 0 Å². The summed E-state index contributed by atoms with van der Waals surface area (Å²) in [6.45, 7) is 0. The van der Waals surface area contributed by atoms with Crippen molar-refractivity contribution in [1.29, 1.82) is 0 Å². The molecule has 6 unspecified atom stereocenters. The Morgan fingerprint density at radius 2 is 1.12 bits per heavy atom. The van der Waals surface area contributed by atoms with Gasteiger partial charge in [-0.05, 0) is 50.4 Å². The highest BCUT2D eigenvalue weighted by atomic mass is 16.6. The summed E-state index contributed by atoms with van der Waals surface area (Å²) in [5.41, 5.74) is 0. The van der Waals surface area contributed by atoms with Gasteiger partial charge in [-0.1, -0.05) is 12.2 Å². The van der Waals surface area contributed by atoms with Gasteiger partial charge in [0.2, 0.25) is 0 Å². The third kappa shape index (κ3) is 1.82. The third-order valence-electron chi connectivity index (χ3n) is 4.74. The van der Waals surface area contributed by atoms with Crippen molar-refractivity contribution in [3.05, 3.63) is 12.2 Å². The van der Waals surface area contributed by atoms with Crippen LogP contribution in [0.15, 0.2) is 12.2 Å². The molecule has 2 heteroatoms. The Balaban J connectivity index is 1.31. The molecule has 0 spiro atoms. The van der Waals surface area contributed by atoms with Crippen molar-refractivity contribution >= 4 is 0 Å². The van der Waals surface area contributed by atoms with Crippen LogP contribution in [0.2, 0.25) is 0 Å². The fraction of sp³-hybridized carbons (Fsp3) is 0.857. The number of hydrogen-bond donors (Lipinski definition) is 0. The Bertz CT molecular complexity index is 282. The molecule has 0 aromatic carbocycles. The Morgan fingerprint density at radius 1 is 0.625 bits per heavy atom. The van der Waals surface area contributed by atoms with Gasteiger partial charge < -0.3 is 9.47 Å². The van der Waals surface area contributed by atoms with E-state index in [9.17, 15) is 0 Å². The van der Waals surface area contributed by atoms with E-state index in [-0.39, 0.29) is 0 Å². The van der Waals surface area contributed by atoms with Crippen molar-refractivity contribution in [3.63, 3.8) is 0 Å². The summed E-state index contributed by atoms with van der Waals surface area (Å²) in [5, 5.41) is 0. The largest absolute Gasteiger partial charge is 0.370 e. The minimum atomic E-state index is 0.617. The summed E-state index contributed by atoms with van der Waals surface area (Å²) in [7, 11) is 0. The van der Waals surface area contributed by atoms with Crippen molar-refractivity contribution < 1.29 is 9.47 Å². The molecule has 6 atom stereocenters. The number of ether oxygens (including phenoxy) is 2. The smallest absolute Gasteiger partial charge is 0.0847 e. The maximum Gasteiger partial charge on any atom is 0.0847 e. The molecule has 0 amide bonds. The first-order chi connectivity index (χ1) is 7.88. The second-order valence-electron chi connectivity index (χ2n) is 5.96. The molecule has 2 saturated heterocycles. The minimum absolute atomic E-state index is 0.617. The summed E-state index contributed by atoms with van der Waals surface area (Å²) in [4.78, 5) is 0. The molecule has 16 heavy (non-hydrogen) atoms. The average Bonchev–Trinajstić information content (AvgIpc) is 3.19. The number of epoxide rings is 2. The molecule has 0 N–H and O–H groups in total. The summed E-state index contributed by atoms with van der Waals surface area (Å²) >= 11 is 0. The topological polar surface area (TPSA) is 25.1 Å². The lowest BCUT2D eigenvalue weighted by atomic mass is 9.85. The lowest BCUT2D eigenvalue weighted by molar-refractivity contribution is 0.368. The van der Waals surface area contributed by atoms with Crippen LogP contribution in [0.5, 0.6) is 0 Å². The first-order valence-corrected chi connectivity index (χ1v) is 6.88. The zero-order valence-electron chi connectivity index (χ0n) is 9.68. The summed E-state index contributed by atoms with van der Waals surface area (Å²) in [5.74, 6) is 1.59. The number of allylic oxidation sites excluding steroid dienone is 2. The molecular formula is C14H20O2. The number of hydrogen-bond acceptors (Lipinski definition) is 2. The predicted molar refractivity (Wildman–Crippen MR) is 61.1 cm³/mol. The summed E-state index contributed by atoms with van der Waals surface area (Å²) in [6, 6.07) is 0. The van der Waals surface area contributed by atoms with Gasteiger partial charge >= 0.3 is 0 Å². The Morgan fingerprint density at radius 3 is 1.56 bits per heavy atom. The maximum atomic E-state index is 5.57. The molecule has 2 aliphatic heterocycles. The van der Waals surface area contributed by atoms with Crippen molar-refractivity contribution in [1.82, 2.24) is 0 Å². The molecule has 2 aliphatic carbocycles. The molecule has 2 saturated carbocycles. The van der Waals surface area contributed by atoms with E-state index < -0.39 is 0 Å². The molecule has 2 heterocycles.